The van der Waals surface area contributed by atoms with Gasteiger partial charge < -0.3 is 15.1 Å². The van der Waals surface area contributed by atoms with E-state index in [-0.39, 0.29) is 0 Å². The number of piperazine rings is 1. The van der Waals surface area contributed by atoms with Crippen LogP contribution in [0.4, 0.5) is 17.5 Å². The highest BCUT2D eigenvalue weighted by molar-refractivity contribution is 6.35. The third-order valence-corrected chi connectivity index (χ3v) is 4.11. The van der Waals surface area contributed by atoms with Crippen LogP contribution in [-0.2, 0) is 0 Å². The van der Waals surface area contributed by atoms with Crippen molar-refractivity contribution in [2.24, 2.45) is 0 Å². The van der Waals surface area contributed by atoms with Gasteiger partial charge in [0, 0.05) is 31.2 Å². The topological polar surface area (TPSA) is 57.2 Å². The van der Waals surface area contributed by atoms with Crippen LogP contribution in [0.15, 0.2) is 24.4 Å². The summed E-state index contributed by atoms with van der Waals surface area (Å²) in [6.07, 6.45) is 1.68. The SMILES string of the molecule is CN1CCN(c2cnnc(Nc3cc(Cl)ccc3Cl)n2)CC1. The largest absolute Gasteiger partial charge is 0.353 e. The zero-order chi connectivity index (χ0) is 15.5. The molecule has 0 amide bonds. The summed E-state index contributed by atoms with van der Waals surface area (Å²) < 4.78 is 0. The zero-order valence-electron chi connectivity index (χ0n) is 12.1. The lowest BCUT2D eigenvalue weighted by molar-refractivity contribution is 0.312. The van der Waals surface area contributed by atoms with Crippen LogP contribution in [0.2, 0.25) is 10.0 Å². The van der Waals surface area contributed by atoms with E-state index in [9.17, 15) is 0 Å². The van der Waals surface area contributed by atoms with Crippen molar-refractivity contribution in [3.05, 3.63) is 34.4 Å². The Labute approximate surface area is 139 Å². The Morgan fingerprint density at radius 2 is 1.91 bits per heavy atom. The van der Waals surface area contributed by atoms with Crippen LogP contribution in [0.5, 0.6) is 0 Å². The lowest BCUT2D eigenvalue weighted by Crippen LogP contribution is -2.44. The van der Waals surface area contributed by atoms with Crippen molar-refractivity contribution in [2.75, 3.05) is 43.4 Å². The number of nitrogens with zero attached hydrogens (tertiary/aromatic N) is 5. The van der Waals surface area contributed by atoms with E-state index in [1.165, 1.54) is 0 Å². The fraction of sp³-hybridized carbons (Fsp3) is 0.357. The molecule has 2 aromatic rings. The van der Waals surface area contributed by atoms with Crippen LogP contribution in [0.3, 0.4) is 0 Å². The van der Waals surface area contributed by atoms with Crippen LogP contribution in [0, 0.1) is 0 Å². The molecule has 1 aromatic heterocycles. The van der Waals surface area contributed by atoms with Crippen LogP contribution in [-0.4, -0.2) is 53.3 Å². The lowest BCUT2D eigenvalue weighted by Gasteiger charge is -2.32. The van der Waals surface area contributed by atoms with Gasteiger partial charge in [-0.15, -0.1) is 5.10 Å². The number of anilines is 3. The summed E-state index contributed by atoms with van der Waals surface area (Å²) in [4.78, 5) is 8.99. The summed E-state index contributed by atoms with van der Waals surface area (Å²) in [6, 6.07) is 5.19. The highest BCUT2D eigenvalue weighted by atomic mass is 35.5. The molecule has 2 heterocycles. The molecule has 1 aromatic carbocycles. The predicted octanol–water partition coefficient (Wildman–Crippen LogP) is 2.67. The third kappa shape index (κ3) is 3.58. The minimum absolute atomic E-state index is 0.403. The molecular formula is C14H16Cl2N6. The molecule has 1 aliphatic heterocycles. The maximum Gasteiger partial charge on any atom is 0.249 e. The van der Waals surface area contributed by atoms with Crippen LogP contribution >= 0.6 is 23.2 Å². The van der Waals surface area contributed by atoms with E-state index in [0.717, 1.165) is 32.0 Å². The first-order chi connectivity index (χ1) is 10.6. The van der Waals surface area contributed by atoms with Crippen molar-refractivity contribution >= 4 is 40.7 Å². The molecule has 1 aliphatic rings. The summed E-state index contributed by atoms with van der Waals surface area (Å²) in [7, 11) is 2.11. The molecule has 0 saturated carbocycles. The first-order valence-corrected chi connectivity index (χ1v) is 7.73. The molecule has 116 valence electrons. The fourth-order valence-electron chi connectivity index (χ4n) is 2.25. The Morgan fingerprint density at radius 3 is 2.68 bits per heavy atom. The normalized spacial score (nSPS) is 15.9. The van der Waals surface area contributed by atoms with Gasteiger partial charge in [0.15, 0.2) is 5.82 Å². The number of nitrogens with one attached hydrogen (secondary N) is 1. The number of rotatable bonds is 3. The number of aromatic nitrogens is 3. The molecule has 1 N–H and O–H groups in total. The van der Waals surface area contributed by atoms with Gasteiger partial charge in [-0.25, -0.2) is 0 Å². The average Bonchev–Trinajstić information content (AvgIpc) is 2.52. The van der Waals surface area contributed by atoms with Gasteiger partial charge in [0.2, 0.25) is 5.95 Å². The minimum atomic E-state index is 0.403. The van der Waals surface area contributed by atoms with E-state index in [4.69, 9.17) is 23.2 Å². The zero-order valence-corrected chi connectivity index (χ0v) is 13.6. The third-order valence-electron chi connectivity index (χ3n) is 3.55. The van der Waals surface area contributed by atoms with Gasteiger partial charge in [0.1, 0.15) is 0 Å². The van der Waals surface area contributed by atoms with Gasteiger partial charge in [-0.2, -0.15) is 10.1 Å². The fourth-order valence-corrected chi connectivity index (χ4v) is 2.59. The van der Waals surface area contributed by atoms with Crippen LogP contribution in [0.1, 0.15) is 0 Å². The van der Waals surface area contributed by atoms with Crippen molar-refractivity contribution in [3.8, 4) is 0 Å². The van der Waals surface area contributed by atoms with E-state index < -0.39 is 0 Å². The Morgan fingerprint density at radius 1 is 1.14 bits per heavy atom. The summed E-state index contributed by atoms with van der Waals surface area (Å²) in [5.41, 5.74) is 0.659. The molecule has 6 nitrogen and oxygen atoms in total. The summed E-state index contributed by atoms with van der Waals surface area (Å²) in [5, 5.41) is 12.2. The van der Waals surface area contributed by atoms with Crippen molar-refractivity contribution in [1.82, 2.24) is 20.1 Å². The molecule has 1 fully saturated rings. The van der Waals surface area contributed by atoms with Crippen molar-refractivity contribution < 1.29 is 0 Å². The molecule has 0 radical (unpaired) electrons. The van der Waals surface area contributed by atoms with Crippen LogP contribution < -0.4 is 10.2 Å². The quantitative estimate of drug-likeness (QED) is 0.928. The smallest absolute Gasteiger partial charge is 0.249 e. The molecule has 8 heteroatoms. The maximum absolute atomic E-state index is 6.14. The number of hydrogen-bond acceptors (Lipinski definition) is 6. The minimum Gasteiger partial charge on any atom is -0.353 e. The molecule has 0 atom stereocenters. The van der Waals surface area contributed by atoms with Crippen molar-refractivity contribution in [1.29, 1.82) is 0 Å². The van der Waals surface area contributed by atoms with Gasteiger partial charge in [0.05, 0.1) is 16.9 Å². The standard InChI is InChI=1S/C14H16Cl2N6/c1-21-4-6-22(7-5-21)13-9-17-20-14(19-13)18-12-8-10(15)2-3-11(12)16/h2-3,8-9H,4-7H2,1H3,(H,18,19,20). The number of halogens is 2. The summed E-state index contributed by atoms with van der Waals surface area (Å²) >= 11 is 12.1. The molecule has 3 rings (SSSR count). The average molecular weight is 339 g/mol. The molecule has 0 aliphatic carbocycles. The second-order valence-electron chi connectivity index (χ2n) is 5.18. The van der Waals surface area contributed by atoms with Gasteiger partial charge in [-0.3, -0.25) is 0 Å². The first-order valence-electron chi connectivity index (χ1n) is 6.97. The van der Waals surface area contributed by atoms with Gasteiger partial charge in [0.25, 0.3) is 0 Å². The van der Waals surface area contributed by atoms with Crippen LogP contribution in [0.25, 0.3) is 0 Å². The first kappa shape index (κ1) is 15.3. The molecule has 0 spiro atoms. The monoisotopic (exact) mass is 338 g/mol. The number of likely N-dealkylation sites (N-methyl/N-ethyl adjacent to an activating group) is 1. The number of benzene rings is 1. The summed E-state index contributed by atoms with van der Waals surface area (Å²) in [5.74, 6) is 1.21. The van der Waals surface area contributed by atoms with E-state index in [1.54, 1.807) is 24.4 Å². The molecule has 0 unspecified atom stereocenters. The molecular weight excluding hydrogens is 323 g/mol. The van der Waals surface area contributed by atoms with E-state index in [1.807, 2.05) is 0 Å². The number of hydrogen-bond donors (Lipinski definition) is 1. The van der Waals surface area contributed by atoms with E-state index in [2.05, 4.69) is 37.3 Å². The maximum atomic E-state index is 6.14. The Hall–Kier alpha value is -1.63. The van der Waals surface area contributed by atoms with Gasteiger partial charge in [-0.1, -0.05) is 23.2 Å². The van der Waals surface area contributed by atoms with Crippen molar-refractivity contribution in [3.63, 3.8) is 0 Å². The highest BCUT2D eigenvalue weighted by Gasteiger charge is 2.16. The predicted molar refractivity (Wildman–Crippen MR) is 89.3 cm³/mol. The van der Waals surface area contributed by atoms with Gasteiger partial charge >= 0.3 is 0 Å². The van der Waals surface area contributed by atoms with Crippen molar-refractivity contribution in [2.45, 2.75) is 0 Å². The summed E-state index contributed by atoms with van der Waals surface area (Å²) in [6.45, 7) is 3.86. The second-order valence-corrected chi connectivity index (χ2v) is 6.02. The molecule has 0 bridgehead atoms. The Bertz CT molecular complexity index is 658. The lowest BCUT2D eigenvalue weighted by atomic mass is 10.3. The van der Waals surface area contributed by atoms with E-state index in [0.29, 0.717) is 21.7 Å². The second kappa shape index (κ2) is 6.64. The molecule has 22 heavy (non-hydrogen) atoms. The van der Waals surface area contributed by atoms with E-state index >= 15 is 0 Å². The highest BCUT2D eigenvalue weighted by Crippen LogP contribution is 2.27. The Balaban J connectivity index is 1.78. The van der Waals surface area contributed by atoms with Gasteiger partial charge in [-0.05, 0) is 25.2 Å². The molecule has 1 saturated heterocycles. The Kier molecular flexibility index (Phi) is 4.61.